The van der Waals surface area contributed by atoms with Gasteiger partial charge in [-0.3, -0.25) is 4.90 Å². The molecule has 1 unspecified atom stereocenters. The lowest BCUT2D eigenvalue weighted by molar-refractivity contribution is -0.0248. The van der Waals surface area contributed by atoms with Gasteiger partial charge in [0.15, 0.2) is 0 Å². The Labute approximate surface area is 131 Å². The van der Waals surface area contributed by atoms with E-state index in [2.05, 4.69) is 18.7 Å². The molecule has 1 N–H and O–H groups in total. The van der Waals surface area contributed by atoms with E-state index in [1.165, 1.54) is 6.07 Å². The van der Waals surface area contributed by atoms with E-state index in [1.54, 1.807) is 12.1 Å². The quantitative estimate of drug-likeness (QED) is 0.857. The molecule has 1 atom stereocenters. The number of likely N-dealkylation sites (N-methyl/N-ethyl adjacent to an activating group) is 1. The van der Waals surface area contributed by atoms with Crippen molar-refractivity contribution in [2.45, 2.75) is 57.6 Å². The van der Waals surface area contributed by atoms with E-state index in [9.17, 15) is 9.50 Å². The predicted octanol–water partition coefficient (Wildman–Crippen LogP) is 4.04. The van der Waals surface area contributed by atoms with Crippen LogP contribution in [0.4, 0.5) is 4.39 Å². The van der Waals surface area contributed by atoms with Crippen molar-refractivity contribution in [1.82, 2.24) is 4.90 Å². The van der Waals surface area contributed by atoms with Crippen molar-refractivity contribution in [2.24, 2.45) is 0 Å². The highest BCUT2D eigenvalue weighted by molar-refractivity contribution is 6.30. The summed E-state index contributed by atoms with van der Waals surface area (Å²) in [6.07, 6.45) is 4.05. The third-order valence-electron chi connectivity index (χ3n) is 4.91. The Morgan fingerprint density at radius 2 is 1.90 bits per heavy atom. The number of hydrogen-bond donors (Lipinski definition) is 1. The molecule has 4 heteroatoms. The molecule has 21 heavy (non-hydrogen) atoms. The van der Waals surface area contributed by atoms with Gasteiger partial charge in [-0.1, -0.05) is 44.4 Å². The van der Waals surface area contributed by atoms with E-state index in [-0.39, 0.29) is 11.4 Å². The molecule has 0 aliphatic heterocycles. The van der Waals surface area contributed by atoms with Gasteiger partial charge in [-0.15, -0.1) is 0 Å². The third kappa shape index (κ3) is 3.41. The van der Waals surface area contributed by atoms with E-state index in [4.69, 9.17) is 11.6 Å². The van der Waals surface area contributed by atoms with Crippen molar-refractivity contribution in [3.63, 3.8) is 0 Å². The molecule has 2 nitrogen and oxygen atoms in total. The molecule has 0 amide bonds. The summed E-state index contributed by atoms with van der Waals surface area (Å²) in [5.74, 6) is -0.325. The SMILES string of the molecule is CCN(CC)C1(C(O)Cc2ccc(Cl)cc2F)CCCC1. The van der Waals surface area contributed by atoms with Crippen LogP contribution in [0.1, 0.15) is 45.1 Å². The lowest BCUT2D eigenvalue weighted by Crippen LogP contribution is -2.55. The van der Waals surface area contributed by atoms with Crippen LogP contribution in [-0.4, -0.2) is 34.7 Å². The first-order valence-electron chi connectivity index (χ1n) is 7.90. The normalized spacial score (nSPS) is 19.1. The average molecular weight is 314 g/mol. The van der Waals surface area contributed by atoms with Gasteiger partial charge in [-0.25, -0.2) is 4.39 Å². The summed E-state index contributed by atoms with van der Waals surface area (Å²) in [4.78, 5) is 2.35. The van der Waals surface area contributed by atoms with E-state index in [1.807, 2.05) is 0 Å². The molecule has 0 spiro atoms. The zero-order valence-corrected chi connectivity index (χ0v) is 13.7. The maximum absolute atomic E-state index is 14.0. The van der Waals surface area contributed by atoms with E-state index in [0.717, 1.165) is 38.8 Å². The molecule has 0 bridgehead atoms. The van der Waals surface area contributed by atoms with Crippen LogP contribution in [0.5, 0.6) is 0 Å². The summed E-state index contributed by atoms with van der Waals surface area (Å²) in [6.45, 7) is 6.08. The Morgan fingerprint density at radius 1 is 1.29 bits per heavy atom. The number of halogens is 2. The smallest absolute Gasteiger partial charge is 0.127 e. The Morgan fingerprint density at radius 3 is 2.43 bits per heavy atom. The maximum Gasteiger partial charge on any atom is 0.127 e. The molecule has 118 valence electrons. The minimum absolute atomic E-state index is 0.199. The van der Waals surface area contributed by atoms with Crippen LogP contribution in [-0.2, 0) is 6.42 Å². The van der Waals surface area contributed by atoms with Gasteiger partial charge in [-0.2, -0.15) is 0 Å². The Kier molecular flexibility index (Phi) is 5.64. The highest BCUT2D eigenvalue weighted by Crippen LogP contribution is 2.39. The zero-order chi connectivity index (χ0) is 15.5. The highest BCUT2D eigenvalue weighted by atomic mass is 35.5. The fourth-order valence-electron chi connectivity index (χ4n) is 3.79. The molecule has 0 saturated heterocycles. The standard InChI is InChI=1S/C17H25ClFNO/c1-3-20(4-2)17(9-5-6-10-17)16(21)11-13-7-8-14(18)12-15(13)19/h7-8,12,16,21H,3-6,9-11H2,1-2H3. The van der Waals surface area contributed by atoms with Crippen LogP contribution in [0.25, 0.3) is 0 Å². The zero-order valence-electron chi connectivity index (χ0n) is 12.9. The van der Waals surface area contributed by atoms with E-state index >= 15 is 0 Å². The molecule has 0 radical (unpaired) electrons. The molecule has 1 aromatic rings. The Balaban J connectivity index is 2.21. The fraction of sp³-hybridized carbons (Fsp3) is 0.647. The average Bonchev–Trinajstić information content (AvgIpc) is 2.94. The summed E-state index contributed by atoms with van der Waals surface area (Å²) in [5.41, 5.74) is 0.348. The molecular formula is C17H25ClFNO. The lowest BCUT2D eigenvalue weighted by Gasteiger charge is -2.44. The molecular weight excluding hydrogens is 289 g/mol. The van der Waals surface area contributed by atoms with Crippen molar-refractivity contribution in [2.75, 3.05) is 13.1 Å². The Bertz CT molecular complexity index is 470. The fourth-order valence-corrected chi connectivity index (χ4v) is 3.95. The van der Waals surface area contributed by atoms with Crippen LogP contribution < -0.4 is 0 Å². The van der Waals surface area contributed by atoms with Gasteiger partial charge in [0.2, 0.25) is 0 Å². The van der Waals surface area contributed by atoms with Crippen molar-refractivity contribution in [3.8, 4) is 0 Å². The second-order valence-corrected chi connectivity index (χ2v) is 6.38. The van der Waals surface area contributed by atoms with Gasteiger partial charge in [0.1, 0.15) is 5.82 Å². The molecule has 2 rings (SSSR count). The second kappa shape index (κ2) is 7.08. The second-order valence-electron chi connectivity index (χ2n) is 5.94. The largest absolute Gasteiger partial charge is 0.391 e. The van der Waals surface area contributed by atoms with E-state index in [0.29, 0.717) is 17.0 Å². The summed E-state index contributed by atoms with van der Waals surface area (Å²) >= 11 is 5.79. The number of hydrogen-bond acceptors (Lipinski definition) is 2. The van der Waals surface area contributed by atoms with Gasteiger partial charge >= 0.3 is 0 Å². The number of rotatable bonds is 6. The van der Waals surface area contributed by atoms with Gasteiger partial charge in [0.05, 0.1) is 6.10 Å². The molecule has 1 aliphatic carbocycles. The summed E-state index contributed by atoms with van der Waals surface area (Å²) in [5, 5.41) is 11.2. The van der Waals surface area contributed by atoms with Crippen LogP contribution in [0, 0.1) is 5.82 Å². The Hall–Kier alpha value is -0.640. The topological polar surface area (TPSA) is 23.5 Å². The monoisotopic (exact) mass is 313 g/mol. The first-order valence-corrected chi connectivity index (χ1v) is 8.28. The first-order chi connectivity index (χ1) is 10.0. The minimum atomic E-state index is -0.546. The lowest BCUT2D eigenvalue weighted by atomic mass is 9.84. The highest BCUT2D eigenvalue weighted by Gasteiger charge is 2.44. The molecule has 1 fully saturated rings. The first kappa shape index (κ1) is 16.7. The molecule has 0 heterocycles. The van der Waals surface area contributed by atoms with Crippen molar-refractivity contribution in [1.29, 1.82) is 0 Å². The van der Waals surface area contributed by atoms with Crippen LogP contribution in [0.3, 0.4) is 0 Å². The van der Waals surface area contributed by atoms with Crippen molar-refractivity contribution < 1.29 is 9.50 Å². The minimum Gasteiger partial charge on any atom is -0.391 e. The summed E-state index contributed by atoms with van der Waals surface area (Å²) < 4.78 is 14.0. The van der Waals surface area contributed by atoms with Crippen LogP contribution in [0.15, 0.2) is 18.2 Å². The summed E-state index contributed by atoms with van der Waals surface area (Å²) in [7, 11) is 0. The molecule has 0 aromatic heterocycles. The molecule has 1 saturated carbocycles. The third-order valence-corrected chi connectivity index (χ3v) is 5.15. The van der Waals surface area contributed by atoms with Crippen molar-refractivity contribution in [3.05, 3.63) is 34.6 Å². The van der Waals surface area contributed by atoms with Gasteiger partial charge in [0.25, 0.3) is 0 Å². The van der Waals surface area contributed by atoms with Crippen LogP contribution >= 0.6 is 11.6 Å². The number of aliphatic hydroxyl groups excluding tert-OH is 1. The maximum atomic E-state index is 14.0. The van der Waals surface area contributed by atoms with E-state index < -0.39 is 6.10 Å². The number of nitrogens with zero attached hydrogens (tertiary/aromatic N) is 1. The molecule has 1 aromatic carbocycles. The van der Waals surface area contributed by atoms with Gasteiger partial charge < -0.3 is 5.11 Å². The van der Waals surface area contributed by atoms with Crippen molar-refractivity contribution >= 4 is 11.6 Å². The summed E-state index contributed by atoms with van der Waals surface area (Å²) in [6, 6.07) is 4.69. The predicted molar refractivity (Wildman–Crippen MR) is 85.2 cm³/mol. The van der Waals surface area contributed by atoms with Crippen LogP contribution in [0.2, 0.25) is 5.02 Å². The number of benzene rings is 1. The van der Waals surface area contributed by atoms with Gasteiger partial charge in [0, 0.05) is 17.0 Å². The van der Waals surface area contributed by atoms with Gasteiger partial charge in [-0.05, 0) is 43.6 Å². The molecule has 1 aliphatic rings. The number of aliphatic hydroxyl groups is 1.